The molecule has 0 aliphatic carbocycles. The fourth-order valence-electron chi connectivity index (χ4n) is 1.69. The molecule has 0 aliphatic heterocycles. The predicted molar refractivity (Wildman–Crippen MR) is 65.4 cm³/mol. The van der Waals surface area contributed by atoms with Crippen molar-refractivity contribution in [3.05, 3.63) is 35.1 Å². The first-order chi connectivity index (χ1) is 8.10. The Balaban J connectivity index is 2.96. The van der Waals surface area contributed by atoms with Crippen LogP contribution in [0.4, 0.5) is 4.39 Å². The van der Waals surface area contributed by atoms with E-state index in [1.54, 1.807) is 19.1 Å². The molecule has 0 radical (unpaired) electrons. The van der Waals surface area contributed by atoms with E-state index in [4.69, 9.17) is 4.74 Å². The molecule has 0 amide bonds. The molecule has 17 heavy (non-hydrogen) atoms. The summed E-state index contributed by atoms with van der Waals surface area (Å²) < 4.78 is 18.9. The van der Waals surface area contributed by atoms with Crippen LogP contribution in [0.1, 0.15) is 43.9 Å². The van der Waals surface area contributed by atoms with Crippen LogP contribution in [0.25, 0.3) is 0 Å². The van der Waals surface area contributed by atoms with Gasteiger partial charge in [-0.2, -0.15) is 0 Å². The molecule has 1 aromatic rings. The zero-order chi connectivity index (χ0) is 12.8. The number of carbonyl (C=O) groups is 1. The summed E-state index contributed by atoms with van der Waals surface area (Å²) in [6.45, 7) is 5.91. The SMILES string of the molecule is CCCC(=O)C(OCC)c1ccc(C)c(F)c1. The molecule has 94 valence electrons. The molecule has 0 aromatic heterocycles. The first-order valence-corrected chi connectivity index (χ1v) is 6.00. The van der Waals surface area contributed by atoms with Gasteiger partial charge < -0.3 is 4.74 Å². The van der Waals surface area contributed by atoms with Crippen LogP contribution in [0.15, 0.2) is 18.2 Å². The lowest BCUT2D eigenvalue weighted by Gasteiger charge is -2.16. The number of rotatable bonds is 6. The average Bonchev–Trinajstić information content (AvgIpc) is 2.30. The smallest absolute Gasteiger partial charge is 0.166 e. The molecule has 0 fully saturated rings. The summed E-state index contributed by atoms with van der Waals surface area (Å²) in [6, 6.07) is 4.82. The quantitative estimate of drug-likeness (QED) is 0.757. The van der Waals surface area contributed by atoms with Crippen LogP contribution in [-0.4, -0.2) is 12.4 Å². The van der Waals surface area contributed by atoms with Crippen molar-refractivity contribution >= 4 is 5.78 Å². The highest BCUT2D eigenvalue weighted by atomic mass is 19.1. The molecule has 1 rings (SSSR count). The molecule has 1 aromatic carbocycles. The topological polar surface area (TPSA) is 26.3 Å². The van der Waals surface area contributed by atoms with E-state index >= 15 is 0 Å². The van der Waals surface area contributed by atoms with E-state index < -0.39 is 6.10 Å². The summed E-state index contributed by atoms with van der Waals surface area (Å²) in [4.78, 5) is 11.9. The fraction of sp³-hybridized carbons (Fsp3) is 0.500. The second-order valence-corrected chi connectivity index (χ2v) is 4.06. The number of carbonyl (C=O) groups excluding carboxylic acids is 1. The minimum Gasteiger partial charge on any atom is -0.366 e. The van der Waals surface area contributed by atoms with Gasteiger partial charge in [0.15, 0.2) is 5.78 Å². The number of ketones is 1. The number of hydrogen-bond donors (Lipinski definition) is 0. The van der Waals surface area contributed by atoms with Crippen molar-refractivity contribution in [2.75, 3.05) is 6.61 Å². The van der Waals surface area contributed by atoms with E-state index in [1.807, 2.05) is 13.8 Å². The number of ether oxygens (including phenoxy) is 1. The van der Waals surface area contributed by atoms with Crippen molar-refractivity contribution in [1.29, 1.82) is 0 Å². The van der Waals surface area contributed by atoms with Gasteiger partial charge in [-0.25, -0.2) is 4.39 Å². The van der Waals surface area contributed by atoms with Gasteiger partial charge in [0.05, 0.1) is 0 Å². The van der Waals surface area contributed by atoms with Gasteiger partial charge in [-0.05, 0) is 37.5 Å². The lowest BCUT2D eigenvalue weighted by atomic mass is 10.0. The molecule has 3 heteroatoms. The maximum Gasteiger partial charge on any atom is 0.166 e. The molecule has 2 nitrogen and oxygen atoms in total. The van der Waals surface area contributed by atoms with Crippen LogP contribution in [-0.2, 0) is 9.53 Å². The second-order valence-electron chi connectivity index (χ2n) is 4.06. The van der Waals surface area contributed by atoms with Gasteiger partial charge in [0, 0.05) is 13.0 Å². The highest BCUT2D eigenvalue weighted by molar-refractivity contribution is 5.84. The number of hydrogen-bond acceptors (Lipinski definition) is 2. The molecule has 0 aliphatic rings. The maximum absolute atomic E-state index is 13.5. The van der Waals surface area contributed by atoms with Crippen molar-refractivity contribution in [3.8, 4) is 0 Å². The summed E-state index contributed by atoms with van der Waals surface area (Å²) in [5.41, 5.74) is 1.18. The van der Waals surface area contributed by atoms with Gasteiger partial charge in [-0.15, -0.1) is 0 Å². The Morgan fingerprint density at radius 1 is 1.41 bits per heavy atom. The Hall–Kier alpha value is -1.22. The molecule has 1 unspecified atom stereocenters. The number of aryl methyl sites for hydroxylation is 1. The molecular weight excluding hydrogens is 219 g/mol. The highest BCUT2D eigenvalue weighted by Gasteiger charge is 2.20. The Kier molecular flexibility index (Phi) is 5.29. The van der Waals surface area contributed by atoms with Crippen LogP contribution in [0.3, 0.4) is 0 Å². The molecule has 0 bridgehead atoms. The third-order valence-corrected chi connectivity index (χ3v) is 2.62. The van der Waals surface area contributed by atoms with Crippen LogP contribution < -0.4 is 0 Å². The van der Waals surface area contributed by atoms with E-state index in [-0.39, 0.29) is 11.6 Å². The fourth-order valence-corrected chi connectivity index (χ4v) is 1.69. The normalized spacial score (nSPS) is 12.5. The first-order valence-electron chi connectivity index (χ1n) is 6.00. The minimum atomic E-state index is -0.630. The third kappa shape index (κ3) is 3.63. The van der Waals surface area contributed by atoms with E-state index in [0.717, 1.165) is 6.42 Å². The van der Waals surface area contributed by atoms with Gasteiger partial charge in [0.1, 0.15) is 11.9 Å². The Morgan fingerprint density at radius 3 is 2.65 bits per heavy atom. The van der Waals surface area contributed by atoms with Crippen molar-refractivity contribution in [3.63, 3.8) is 0 Å². The lowest BCUT2D eigenvalue weighted by Crippen LogP contribution is -2.16. The molecule has 0 saturated heterocycles. The zero-order valence-electron chi connectivity index (χ0n) is 10.6. The van der Waals surface area contributed by atoms with E-state index in [9.17, 15) is 9.18 Å². The minimum absolute atomic E-state index is 0.0117. The van der Waals surface area contributed by atoms with Gasteiger partial charge in [-0.1, -0.05) is 19.1 Å². The molecule has 0 heterocycles. The van der Waals surface area contributed by atoms with Crippen LogP contribution in [0.5, 0.6) is 0 Å². The second kappa shape index (κ2) is 6.50. The van der Waals surface area contributed by atoms with Gasteiger partial charge in [0.25, 0.3) is 0 Å². The summed E-state index contributed by atoms with van der Waals surface area (Å²) in [7, 11) is 0. The third-order valence-electron chi connectivity index (χ3n) is 2.62. The Morgan fingerprint density at radius 2 is 2.12 bits per heavy atom. The van der Waals surface area contributed by atoms with E-state index in [1.165, 1.54) is 6.07 Å². The largest absolute Gasteiger partial charge is 0.366 e. The molecule has 1 atom stereocenters. The van der Waals surface area contributed by atoms with Crippen molar-refractivity contribution in [1.82, 2.24) is 0 Å². The monoisotopic (exact) mass is 238 g/mol. The molecular formula is C14H19FO2. The van der Waals surface area contributed by atoms with Crippen molar-refractivity contribution in [2.24, 2.45) is 0 Å². The molecule has 0 spiro atoms. The zero-order valence-corrected chi connectivity index (χ0v) is 10.6. The summed E-state index contributed by atoms with van der Waals surface area (Å²) >= 11 is 0. The summed E-state index contributed by atoms with van der Waals surface area (Å²) in [6.07, 6.45) is 0.603. The molecule has 0 N–H and O–H groups in total. The Labute approximate surface area is 102 Å². The van der Waals surface area contributed by atoms with E-state index in [2.05, 4.69) is 0 Å². The number of Topliss-reactive ketones (excluding diaryl/α,β-unsaturated/α-hetero) is 1. The lowest BCUT2D eigenvalue weighted by molar-refractivity contribution is -0.130. The standard InChI is InChI=1S/C14H19FO2/c1-4-6-13(16)14(17-5-2)11-8-7-10(3)12(15)9-11/h7-9,14H,4-6H2,1-3H3. The number of halogens is 1. The van der Waals surface area contributed by atoms with Crippen LogP contribution in [0, 0.1) is 12.7 Å². The highest BCUT2D eigenvalue weighted by Crippen LogP contribution is 2.22. The van der Waals surface area contributed by atoms with Crippen molar-refractivity contribution in [2.45, 2.75) is 39.7 Å². The van der Waals surface area contributed by atoms with Gasteiger partial charge >= 0.3 is 0 Å². The first kappa shape index (κ1) is 13.8. The van der Waals surface area contributed by atoms with Crippen molar-refractivity contribution < 1.29 is 13.9 Å². The van der Waals surface area contributed by atoms with Gasteiger partial charge in [0.2, 0.25) is 0 Å². The van der Waals surface area contributed by atoms with E-state index in [0.29, 0.717) is 24.2 Å². The van der Waals surface area contributed by atoms with Crippen LogP contribution in [0.2, 0.25) is 0 Å². The summed E-state index contributed by atoms with van der Waals surface area (Å²) in [5, 5.41) is 0. The van der Waals surface area contributed by atoms with Gasteiger partial charge in [-0.3, -0.25) is 4.79 Å². The average molecular weight is 238 g/mol. The Bertz CT molecular complexity index is 388. The molecule has 0 saturated carbocycles. The number of benzene rings is 1. The maximum atomic E-state index is 13.5. The predicted octanol–water partition coefficient (Wildman–Crippen LogP) is 3.58. The van der Waals surface area contributed by atoms with Crippen LogP contribution >= 0.6 is 0 Å². The summed E-state index contributed by atoms with van der Waals surface area (Å²) in [5.74, 6) is -0.283.